The van der Waals surface area contributed by atoms with Gasteiger partial charge in [0.2, 0.25) is 5.91 Å². The molecule has 9 heteroatoms. The van der Waals surface area contributed by atoms with E-state index in [0.717, 1.165) is 17.0 Å². The monoisotopic (exact) mass is 347 g/mol. The van der Waals surface area contributed by atoms with Gasteiger partial charge in [-0.15, -0.1) is 3.89 Å². The molecule has 1 heterocycles. The highest BCUT2D eigenvalue weighted by Crippen LogP contribution is 2.30. The zero-order chi connectivity index (χ0) is 17.2. The van der Waals surface area contributed by atoms with E-state index in [0.29, 0.717) is 0 Å². The van der Waals surface area contributed by atoms with E-state index in [4.69, 9.17) is 4.74 Å². The summed E-state index contributed by atoms with van der Waals surface area (Å²) in [4.78, 5) is 25.1. The molecule has 0 N–H and O–H groups in total. The van der Waals surface area contributed by atoms with Crippen molar-refractivity contribution in [2.24, 2.45) is 5.92 Å². The molecule has 0 aliphatic carbocycles. The third-order valence-electron chi connectivity index (χ3n) is 3.38. The Morgan fingerprint density at radius 3 is 2.74 bits per heavy atom. The topological polar surface area (TPSA) is 80.8 Å². The van der Waals surface area contributed by atoms with Gasteiger partial charge < -0.3 is 9.64 Å². The lowest BCUT2D eigenvalue weighted by molar-refractivity contribution is -0.117. The molecule has 126 valence electrons. The van der Waals surface area contributed by atoms with Crippen LogP contribution < -0.4 is 4.90 Å². The van der Waals surface area contributed by atoms with E-state index in [9.17, 15) is 26.3 Å². The van der Waals surface area contributed by atoms with Crippen LogP contribution >= 0.6 is 0 Å². The highest BCUT2D eigenvalue weighted by atomic mass is 32.3. The Labute approximate surface area is 132 Å². The minimum absolute atomic E-state index is 0.0694. The fourth-order valence-corrected chi connectivity index (χ4v) is 3.31. The zero-order valence-electron chi connectivity index (χ0n) is 12.3. The molecule has 6 nitrogen and oxygen atoms in total. The molecule has 1 saturated heterocycles. The first-order chi connectivity index (χ1) is 10.7. The number of halogens is 2. The Hall–Kier alpha value is -2.03. The predicted molar refractivity (Wildman–Crippen MR) is 77.7 cm³/mol. The van der Waals surface area contributed by atoms with Crippen molar-refractivity contribution in [1.29, 1.82) is 0 Å². The molecule has 1 unspecified atom stereocenters. The van der Waals surface area contributed by atoms with E-state index in [2.05, 4.69) is 0 Å². The molecule has 1 fully saturated rings. The molecule has 1 aromatic carbocycles. The number of anilines is 1. The summed E-state index contributed by atoms with van der Waals surface area (Å²) in [7, 11) is -4.71. The molecule has 1 aliphatic heterocycles. The number of esters is 1. The quantitative estimate of drug-likeness (QED) is 0.598. The van der Waals surface area contributed by atoms with E-state index < -0.39 is 39.6 Å². The molecule has 0 aromatic heterocycles. The van der Waals surface area contributed by atoms with E-state index >= 15 is 0 Å². The van der Waals surface area contributed by atoms with Crippen molar-refractivity contribution in [3.05, 3.63) is 29.6 Å². The summed E-state index contributed by atoms with van der Waals surface area (Å²) >= 11 is 0. The van der Waals surface area contributed by atoms with Crippen LogP contribution in [0.5, 0.6) is 0 Å². The standard InChI is InChI=1S/C14H15F2NO5S/c1-2-22-14(19)11-6-10(15)3-4-12(11)17-7-9(5-13(17)18)8-23(16,20)21/h3-4,6,9H,2,5,7-8H2,1H3. The van der Waals surface area contributed by atoms with Crippen LogP contribution in [0.3, 0.4) is 0 Å². The number of amides is 1. The molecule has 2 rings (SSSR count). The zero-order valence-corrected chi connectivity index (χ0v) is 13.1. The summed E-state index contributed by atoms with van der Waals surface area (Å²) in [6, 6.07) is 3.26. The van der Waals surface area contributed by atoms with E-state index in [-0.39, 0.29) is 30.8 Å². The molecule has 1 aliphatic rings. The van der Waals surface area contributed by atoms with Gasteiger partial charge in [0, 0.05) is 18.9 Å². The van der Waals surface area contributed by atoms with Crippen LogP contribution in [0.25, 0.3) is 0 Å². The van der Waals surface area contributed by atoms with Crippen molar-refractivity contribution in [3.8, 4) is 0 Å². The van der Waals surface area contributed by atoms with Crippen molar-refractivity contribution in [2.75, 3.05) is 23.8 Å². The van der Waals surface area contributed by atoms with Gasteiger partial charge in [-0.1, -0.05) is 0 Å². The number of carbonyl (C=O) groups excluding carboxylic acids is 2. The summed E-state index contributed by atoms with van der Waals surface area (Å²) in [5, 5.41) is 0. The Morgan fingerprint density at radius 2 is 2.13 bits per heavy atom. The summed E-state index contributed by atoms with van der Waals surface area (Å²) in [6.07, 6.45) is -0.164. The number of rotatable bonds is 5. The molecule has 0 bridgehead atoms. The van der Waals surface area contributed by atoms with E-state index in [1.54, 1.807) is 6.92 Å². The van der Waals surface area contributed by atoms with Crippen LogP contribution in [0.15, 0.2) is 18.2 Å². The smallest absolute Gasteiger partial charge is 0.340 e. The fourth-order valence-electron chi connectivity index (χ4n) is 2.52. The molecular formula is C14H15F2NO5S. The minimum Gasteiger partial charge on any atom is -0.462 e. The normalized spacial score (nSPS) is 18.3. The Balaban J connectivity index is 2.31. The Morgan fingerprint density at radius 1 is 1.43 bits per heavy atom. The van der Waals surface area contributed by atoms with Gasteiger partial charge in [-0.3, -0.25) is 4.79 Å². The van der Waals surface area contributed by atoms with Gasteiger partial charge in [0.1, 0.15) is 5.82 Å². The first-order valence-electron chi connectivity index (χ1n) is 6.90. The molecule has 0 radical (unpaired) electrons. The van der Waals surface area contributed by atoms with Crippen molar-refractivity contribution < 1.29 is 31.0 Å². The van der Waals surface area contributed by atoms with Gasteiger partial charge in [0.15, 0.2) is 0 Å². The third kappa shape index (κ3) is 4.25. The molecule has 0 saturated carbocycles. The lowest BCUT2D eigenvalue weighted by Gasteiger charge is -2.19. The van der Waals surface area contributed by atoms with Crippen LogP contribution in [-0.2, 0) is 19.8 Å². The number of nitrogens with zero attached hydrogens (tertiary/aromatic N) is 1. The van der Waals surface area contributed by atoms with Crippen molar-refractivity contribution >= 4 is 27.8 Å². The van der Waals surface area contributed by atoms with Gasteiger partial charge in [-0.05, 0) is 25.1 Å². The Bertz CT molecular complexity index is 735. The summed E-state index contributed by atoms with van der Waals surface area (Å²) in [6.45, 7) is 1.59. The fraction of sp³-hybridized carbons (Fsp3) is 0.429. The second-order valence-electron chi connectivity index (χ2n) is 5.16. The second-order valence-corrected chi connectivity index (χ2v) is 6.57. The molecular weight excluding hydrogens is 332 g/mol. The average Bonchev–Trinajstić information content (AvgIpc) is 2.77. The van der Waals surface area contributed by atoms with Gasteiger partial charge in [0.25, 0.3) is 0 Å². The van der Waals surface area contributed by atoms with Crippen molar-refractivity contribution in [1.82, 2.24) is 0 Å². The van der Waals surface area contributed by atoms with Gasteiger partial charge >= 0.3 is 16.2 Å². The first kappa shape index (κ1) is 17.3. The van der Waals surface area contributed by atoms with Crippen LogP contribution in [-0.4, -0.2) is 39.2 Å². The van der Waals surface area contributed by atoms with Gasteiger partial charge in [0.05, 0.1) is 23.6 Å². The highest BCUT2D eigenvalue weighted by molar-refractivity contribution is 7.86. The number of hydrogen-bond donors (Lipinski definition) is 0. The van der Waals surface area contributed by atoms with Crippen LogP contribution in [0.4, 0.5) is 14.0 Å². The maximum absolute atomic E-state index is 13.4. The molecule has 23 heavy (non-hydrogen) atoms. The largest absolute Gasteiger partial charge is 0.462 e. The van der Waals surface area contributed by atoms with Crippen molar-refractivity contribution in [2.45, 2.75) is 13.3 Å². The maximum Gasteiger partial charge on any atom is 0.340 e. The predicted octanol–water partition coefficient (Wildman–Crippen LogP) is 1.65. The number of hydrogen-bond acceptors (Lipinski definition) is 5. The number of ether oxygens (including phenoxy) is 1. The SMILES string of the molecule is CCOC(=O)c1cc(F)ccc1N1CC(CS(=O)(=O)F)CC1=O. The average molecular weight is 347 g/mol. The maximum atomic E-state index is 13.4. The summed E-state index contributed by atoms with van der Waals surface area (Å²) < 4.78 is 52.4. The molecule has 1 amide bonds. The highest BCUT2D eigenvalue weighted by Gasteiger charge is 2.35. The molecule has 1 atom stereocenters. The molecule has 0 spiro atoms. The number of benzene rings is 1. The van der Waals surface area contributed by atoms with Gasteiger partial charge in [-0.2, -0.15) is 8.42 Å². The van der Waals surface area contributed by atoms with Crippen molar-refractivity contribution in [3.63, 3.8) is 0 Å². The van der Waals surface area contributed by atoms with Crippen LogP contribution in [0, 0.1) is 11.7 Å². The van der Waals surface area contributed by atoms with Crippen LogP contribution in [0.1, 0.15) is 23.7 Å². The lowest BCUT2D eigenvalue weighted by Crippen LogP contribution is -2.27. The molecule has 1 aromatic rings. The second kappa shape index (κ2) is 6.61. The van der Waals surface area contributed by atoms with Crippen LogP contribution in [0.2, 0.25) is 0 Å². The summed E-state index contributed by atoms with van der Waals surface area (Å²) in [5.74, 6) is -3.43. The number of carbonyl (C=O) groups is 2. The third-order valence-corrected chi connectivity index (χ3v) is 4.25. The first-order valence-corrected chi connectivity index (χ1v) is 8.46. The minimum atomic E-state index is -4.71. The lowest BCUT2D eigenvalue weighted by atomic mass is 10.1. The van der Waals surface area contributed by atoms with E-state index in [1.165, 1.54) is 6.07 Å². The Kier molecular flexibility index (Phi) is 4.98. The summed E-state index contributed by atoms with van der Waals surface area (Å²) in [5.41, 5.74) is -0.0161. The van der Waals surface area contributed by atoms with Gasteiger partial charge in [-0.25, -0.2) is 9.18 Å². The van der Waals surface area contributed by atoms with E-state index in [1.807, 2.05) is 0 Å².